The van der Waals surface area contributed by atoms with Crippen molar-refractivity contribution in [2.45, 2.75) is 13.0 Å². The van der Waals surface area contributed by atoms with Gasteiger partial charge in [-0.1, -0.05) is 0 Å². The molecule has 1 unspecified atom stereocenters. The van der Waals surface area contributed by atoms with Gasteiger partial charge < -0.3 is 5.32 Å². The monoisotopic (exact) mass is 253 g/mol. The van der Waals surface area contributed by atoms with Gasteiger partial charge in [0.1, 0.15) is 11.6 Å². The Kier molecular flexibility index (Phi) is 3.54. The van der Waals surface area contributed by atoms with Crippen LogP contribution in [0, 0.1) is 18.6 Å². The predicted molar refractivity (Wildman–Crippen MR) is 66.3 cm³/mol. The molecule has 0 saturated carbocycles. The second kappa shape index (κ2) is 4.94. The van der Waals surface area contributed by atoms with Crippen molar-refractivity contribution < 1.29 is 8.78 Å². The van der Waals surface area contributed by atoms with Crippen LogP contribution in [-0.4, -0.2) is 7.05 Å². The molecule has 0 aliphatic carbocycles. The summed E-state index contributed by atoms with van der Waals surface area (Å²) in [5.41, 5.74) is 1.63. The third kappa shape index (κ3) is 2.70. The average Bonchev–Trinajstić information content (AvgIpc) is 2.64. The van der Waals surface area contributed by atoms with Gasteiger partial charge in [0.25, 0.3) is 0 Å². The zero-order chi connectivity index (χ0) is 12.4. The van der Waals surface area contributed by atoms with Crippen LogP contribution in [0.3, 0.4) is 0 Å². The van der Waals surface area contributed by atoms with Crippen LogP contribution in [0.4, 0.5) is 8.78 Å². The summed E-state index contributed by atoms with van der Waals surface area (Å²) < 4.78 is 26.4. The highest BCUT2D eigenvalue weighted by Crippen LogP contribution is 2.26. The number of halogens is 2. The van der Waals surface area contributed by atoms with Crippen LogP contribution in [-0.2, 0) is 0 Å². The Balaban J connectivity index is 2.41. The predicted octanol–water partition coefficient (Wildman–Crippen LogP) is 3.64. The van der Waals surface area contributed by atoms with E-state index in [9.17, 15) is 8.78 Å². The number of rotatable bonds is 3. The van der Waals surface area contributed by atoms with E-state index in [2.05, 4.69) is 5.32 Å². The summed E-state index contributed by atoms with van der Waals surface area (Å²) in [6.45, 7) is 2.01. The molecule has 17 heavy (non-hydrogen) atoms. The fraction of sp³-hybridized carbons (Fsp3) is 0.231. The van der Waals surface area contributed by atoms with E-state index < -0.39 is 11.6 Å². The molecular weight excluding hydrogens is 240 g/mol. The summed E-state index contributed by atoms with van der Waals surface area (Å²) in [5.74, 6) is -1.10. The summed E-state index contributed by atoms with van der Waals surface area (Å²) in [5, 5.41) is 5.08. The number of aryl methyl sites for hydroxylation is 1. The van der Waals surface area contributed by atoms with Crippen LogP contribution in [0.5, 0.6) is 0 Å². The molecule has 0 aliphatic heterocycles. The standard InChI is InChI=1S/C13H13F2NS/c1-8-3-10(7-17-8)13(16-2)9-4-11(14)6-12(15)5-9/h3-7,13,16H,1-2H3. The van der Waals surface area contributed by atoms with Gasteiger partial charge in [-0.3, -0.25) is 0 Å². The van der Waals surface area contributed by atoms with Gasteiger partial charge in [0.2, 0.25) is 0 Å². The summed E-state index contributed by atoms with van der Waals surface area (Å²) in [6.07, 6.45) is 0. The molecule has 1 nitrogen and oxygen atoms in total. The largest absolute Gasteiger partial charge is 0.309 e. The molecule has 0 bridgehead atoms. The van der Waals surface area contributed by atoms with Crippen molar-refractivity contribution in [3.05, 3.63) is 57.3 Å². The molecule has 0 saturated heterocycles. The maximum atomic E-state index is 13.2. The summed E-state index contributed by atoms with van der Waals surface area (Å²) in [6, 6.07) is 5.45. The third-order valence-electron chi connectivity index (χ3n) is 2.59. The van der Waals surface area contributed by atoms with E-state index >= 15 is 0 Å². The van der Waals surface area contributed by atoms with Gasteiger partial charge in [-0.25, -0.2) is 8.78 Å². The first-order valence-corrected chi connectivity index (χ1v) is 6.16. The third-order valence-corrected chi connectivity index (χ3v) is 3.47. The number of hydrogen-bond acceptors (Lipinski definition) is 2. The molecule has 0 amide bonds. The lowest BCUT2D eigenvalue weighted by Gasteiger charge is -2.15. The molecule has 1 heterocycles. The molecule has 1 atom stereocenters. The Morgan fingerprint density at radius 2 is 1.71 bits per heavy atom. The Bertz CT molecular complexity index is 502. The molecule has 2 aromatic rings. The molecule has 1 aromatic heterocycles. The Morgan fingerprint density at radius 1 is 1.06 bits per heavy atom. The fourth-order valence-corrected chi connectivity index (χ4v) is 2.61. The lowest BCUT2D eigenvalue weighted by atomic mass is 10.0. The first-order chi connectivity index (χ1) is 8.10. The molecule has 0 spiro atoms. The van der Waals surface area contributed by atoms with E-state index in [4.69, 9.17) is 0 Å². The highest BCUT2D eigenvalue weighted by molar-refractivity contribution is 7.10. The maximum absolute atomic E-state index is 13.2. The van der Waals surface area contributed by atoms with Crippen molar-refractivity contribution in [3.8, 4) is 0 Å². The molecule has 2 rings (SSSR count). The van der Waals surface area contributed by atoms with Crippen molar-refractivity contribution in [2.75, 3.05) is 7.05 Å². The minimum absolute atomic E-state index is 0.176. The number of thiophene rings is 1. The van der Waals surface area contributed by atoms with E-state index in [0.717, 1.165) is 11.6 Å². The summed E-state index contributed by atoms with van der Waals surface area (Å²) in [4.78, 5) is 1.18. The van der Waals surface area contributed by atoms with Crippen molar-refractivity contribution in [1.82, 2.24) is 5.32 Å². The van der Waals surface area contributed by atoms with Gasteiger partial charge >= 0.3 is 0 Å². The zero-order valence-corrected chi connectivity index (χ0v) is 10.4. The van der Waals surface area contributed by atoms with Gasteiger partial charge in [-0.15, -0.1) is 11.3 Å². The summed E-state index contributed by atoms with van der Waals surface area (Å²) in [7, 11) is 1.78. The lowest BCUT2D eigenvalue weighted by Crippen LogP contribution is -2.17. The average molecular weight is 253 g/mol. The number of benzene rings is 1. The van der Waals surface area contributed by atoms with Gasteiger partial charge in [-0.2, -0.15) is 0 Å². The fourth-order valence-electron chi connectivity index (χ4n) is 1.88. The Hall–Kier alpha value is -1.26. The van der Waals surface area contributed by atoms with Crippen LogP contribution in [0.1, 0.15) is 22.0 Å². The van der Waals surface area contributed by atoms with E-state index in [1.165, 1.54) is 17.0 Å². The highest BCUT2D eigenvalue weighted by atomic mass is 32.1. The number of hydrogen-bond donors (Lipinski definition) is 1. The first kappa shape index (κ1) is 12.2. The van der Waals surface area contributed by atoms with Gasteiger partial charge in [-0.05, 0) is 48.7 Å². The van der Waals surface area contributed by atoms with E-state index in [0.29, 0.717) is 5.56 Å². The minimum atomic E-state index is -0.549. The van der Waals surface area contributed by atoms with E-state index in [1.54, 1.807) is 18.4 Å². The van der Waals surface area contributed by atoms with Crippen molar-refractivity contribution in [1.29, 1.82) is 0 Å². The van der Waals surface area contributed by atoms with E-state index in [1.807, 2.05) is 18.4 Å². The molecule has 0 aliphatic rings. The molecular formula is C13H13F2NS. The van der Waals surface area contributed by atoms with Crippen LogP contribution in [0.25, 0.3) is 0 Å². The molecule has 90 valence electrons. The van der Waals surface area contributed by atoms with Gasteiger partial charge in [0, 0.05) is 10.9 Å². The normalized spacial score (nSPS) is 12.7. The summed E-state index contributed by atoms with van der Waals surface area (Å²) >= 11 is 1.62. The van der Waals surface area contributed by atoms with Crippen molar-refractivity contribution >= 4 is 11.3 Å². The molecule has 0 radical (unpaired) electrons. The molecule has 4 heteroatoms. The van der Waals surface area contributed by atoms with Gasteiger partial charge in [0.05, 0.1) is 6.04 Å². The van der Waals surface area contributed by atoms with Crippen LogP contribution in [0.15, 0.2) is 29.6 Å². The minimum Gasteiger partial charge on any atom is -0.309 e. The highest BCUT2D eigenvalue weighted by Gasteiger charge is 2.15. The number of nitrogens with one attached hydrogen (secondary N) is 1. The zero-order valence-electron chi connectivity index (χ0n) is 9.63. The van der Waals surface area contributed by atoms with Crippen molar-refractivity contribution in [2.24, 2.45) is 0 Å². The Morgan fingerprint density at radius 3 is 2.18 bits per heavy atom. The molecule has 0 fully saturated rings. The van der Waals surface area contributed by atoms with Gasteiger partial charge in [0.15, 0.2) is 0 Å². The maximum Gasteiger partial charge on any atom is 0.126 e. The van der Waals surface area contributed by atoms with Crippen LogP contribution < -0.4 is 5.32 Å². The van der Waals surface area contributed by atoms with Crippen LogP contribution >= 0.6 is 11.3 Å². The van der Waals surface area contributed by atoms with Crippen LogP contribution in [0.2, 0.25) is 0 Å². The van der Waals surface area contributed by atoms with E-state index in [-0.39, 0.29) is 6.04 Å². The second-order valence-corrected chi connectivity index (χ2v) is 5.03. The SMILES string of the molecule is CNC(c1cc(F)cc(F)c1)c1csc(C)c1. The molecule has 1 N–H and O–H groups in total. The Labute approximate surface area is 103 Å². The lowest BCUT2D eigenvalue weighted by molar-refractivity contribution is 0.572. The smallest absolute Gasteiger partial charge is 0.126 e. The first-order valence-electron chi connectivity index (χ1n) is 5.28. The molecule has 1 aromatic carbocycles. The second-order valence-electron chi connectivity index (χ2n) is 3.92. The van der Waals surface area contributed by atoms with Crippen molar-refractivity contribution in [3.63, 3.8) is 0 Å². The quantitative estimate of drug-likeness (QED) is 0.880. The topological polar surface area (TPSA) is 12.0 Å².